The largest absolute Gasteiger partial charge is 0.480 e. The van der Waals surface area contributed by atoms with Crippen molar-refractivity contribution in [2.45, 2.75) is 32.2 Å². The Bertz CT molecular complexity index is 681. The zero-order valence-electron chi connectivity index (χ0n) is 13.8. The number of likely N-dealkylation sites (tertiary alicyclic amines) is 1. The van der Waals surface area contributed by atoms with E-state index in [-0.39, 0.29) is 18.4 Å². The Morgan fingerprint density at radius 2 is 2.04 bits per heavy atom. The fourth-order valence-electron chi connectivity index (χ4n) is 2.82. The molecule has 1 aliphatic rings. The number of hydrogen-bond donors (Lipinski definition) is 2. The minimum Gasteiger partial charge on any atom is -0.480 e. The van der Waals surface area contributed by atoms with Crippen LogP contribution in [0.5, 0.6) is 0 Å². The molecule has 2 unspecified atom stereocenters. The third-order valence-corrected chi connectivity index (χ3v) is 5.01. The minimum atomic E-state index is -1.06. The quantitative estimate of drug-likeness (QED) is 0.814. The highest BCUT2D eigenvalue weighted by molar-refractivity contribution is 6.42. The Balaban J connectivity index is 2.04. The molecule has 1 heterocycles. The third-order valence-electron chi connectivity index (χ3n) is 4.27. The highest BCUT2D eigenvalue weighted by atomic mass is 35.5. The lowest BCUT2D eigenvalue weighted by Crippen LogP contribution is -2.49. The van der Waals surface area contributed by atoms with Crippen LogP contribution in [0.4, 0.5) is 0 Å². The number of hydrogen-bond acceptors (Lipinski definition) is 3. The average molecular weight is 387 g/mol. The van der Waals surface area contributed by atoms with E-state index in [0.29, 0.717) is 41.4 Å². The van der Waals surface area contributed by atoms with Crippen LogP contribution >= 0.6 is 23.2 Å². The number of halogens is 2. The number of carbonyl (C=O) groups excluding carboxylic acids is 2. The fraction of sp³-hybridized carbons (Fsp3) is 0.471. The van der Waals surface area contributed by atoms with Crippen LogP contribution in [-0.2, 0) is 9.59 Å². The minimum absolute atomic E-state index is 0.221. The van der Waals surface area contributed by atoms with Gasteiger partial charge in [0.15, 0.2) is 0 Å². The summed E-state index contributed by atoms with van der Waals surface area (Å²) in [6.45, 7) is 2.49. The third kappa shape index (κ3) is 4.86. The molecular weight excluding hydrogens is 367 g/mol. The van der Waals surface area contributed by atoms with Crippen LogP contribution in [0.3, 0.4) is 0 Å². The van der Waals surface area contributed by atoms with Crippen LogP contribution in [0, 0.1) is 5.92 Å². The summed E-state index contributed by atoms with van der Waals surface area (Å²) in [6, 6.07) is 3.75. The number of nitrogens with zero attached hydrogens (tertiary/aromatic N) is 1. The summed E-state index contributed by atoms with van der Waals surface area (Å²) in [4.78, 5) is 37.6. The molecular formula is C17H20Cl2N2O4. The smallest absolute Gasteiger partial charge is 0.326 e. The van der Waals surface area contributed by atoms with Crippen molar-refractivity contribution >= 4 is 41.0 Å². The molecule has 2 amide bonds. The van der Waals surface area contributed by atoms with Gasteiger partial charge < -0.3 is 15.3 Å². The normalized spacial score (nSPS) is 18.5. The number of carboxylic acid groups (broad SMARTS) is 1. The van der Waals surface area contributed by atoms with E-state index in [1.54, 1.807) is 24.0 Å². The van der Waals surface area contributed by atoms with Crippen LogP contribution in [0.25, 0.3) is 0 Å². The molecule has 136 valence electrons. The molecule has 0 saturated carbocycles. The molecule has 1 aromatic carbocycles. The van der Waals surface area contributed by atoms with E-state index in [2.05, 4.69) is 5.32 Å². The van der Waals surface area contributed by atoms with Crippen molar-refractivity contribution in [2.24, 2.45) is 5.92 Å². The van der Waals surface area contributed by atoms with Crippen LogP contribution in [0.2, 0.25) is 10.0 Å². The van der Waals surface area contributed by atoms with Crippen LogP contribution < -0.4 is 5.32 Å². The number of rotatable bonds is 5. The van der Waals surface area contributed by atoms with Crippen molar-refractivity contribution in [3.8, 4) is 0 Å². The van der Waals surface area contributed by atoms with E-state index in [0.717, 1.165) is 0 Å². The van der Waals surface area contributed by atoms with E-state index in [1.165, 1.54) is 6.07 Å². The Morgan fingerprint density at radius 3 is 2.64 bits per heavy atom. The Hall–Kier alpha value is -1.79. The maximum atomic E-state index is 12.6. The Kier molecular flexibility index (Phi) is 6.67. The molecule has 8 heteroatoms. The number of carboxylic acids is 1. The second-order valence-corrected chi connectivity index (χ2v) is 6.84. The number of benzene rings is 1. The first-order valence-corrected chi connectivity index (χ1v) is 8.86. The van der Waals surface area contributed by atoms with Crippen molar-refractivity contribution in [3.05, 3.63) is 33.8 Å². The zero-order chi connectivity index (χ0) is 18.6. The molecule has 0 spiro atoms. The van der Waals surface area contributed by atoms with Gasteiger partial charge in [0.25, 0.3) is 5.91 Å². The van der Waals surface area contributed by atoms with Gasteiger partial charge in [-0.05, 0) is 37.5 Å². The first-order valence-electron chi connectivity index (χ1n) is 8.11. The van der Waals surface area contributed by atoms with E-state index < -0.39 is 17.9 Å². The second-order valence-electron chi connectivity index (χ2n) is 6.03. The van der Waals surface area contributed by atoms with Crippen molar-refractivity contribution < 1.29 is 19.5 Å². The lowest BCUT2D eigenvalue weighted by molar-refractivity contribution is -0.142. The molecule has 1 aliphatic heterocycles. The SMILES string of the molecule is CCC(NC(=O)C1CCCN(C(=O)c2ccc(Cl)c(Cl)c2)C1)C(=O)O. The standard InChI is InChI=1S/C17H20Cl2N2O4/c1-2-14(17(24)25)20-15(22)11-4-3-7-21(9-11)16(23)10-5-6-12(18)13(19)8-10/h5-6,8,11,14H,2-4,7,9H2,1H3,(H,20,22)(H,24,25). The fourth-order valence-corrected chi connectivity index (χ4v) is 3.11. The summed E-state index contributed by atoms with van der Waals surface area (Å²) < 4.78 is 0. The van der Waals surface area contributed by atoms with Gasteiger partial charge in [0.1, 0.15) is 6.04 Å². The molecule has 0 radical (unpaired) electrons. The van der Waals surface area contributed by atoms with Crippen LogP contribution in [0.15, 0.2) is 18.2 Å². The van der Waals surface area contributed by atoms with Gasteiger partial charge in [-0.15, -0.1) is 0 Å². The van der Waals surface area contributed by atoms with E-state index in [1.807, 2.05) is 0 Å². The van der Waals surface area contributed by atoms with Gasteiger partial charge in [-0.2, -0.15) is 0 Å². The van der Waals surface area contributed by atoms with Crippen molar-refractivity contribution in [3.63, 3.8) is 0 Å². The summed E-state index contributed by atoms with van der Waals surface area (Å²) in [5.74, 6) is -2.04. The van der Waals surface area contributed by atoms with Crippen molar-refractivity contribution in [2.75, 3.05) is 13.1 Å². The Morgan fingerprint density at radius 1 is 1.32 bits per heavy atom. The number of piperidine rings is 1. The summed E-state index contributed by atoms with van der Waals surface area (Å²) in [5, 5.41) is 12.3. The maximum Gasteiger partial charge on any atom is 0.326 e. The predicted molar refractivity (Wildman–Crippen MR) is 94.9 cm³/mol. The molecule has 0 aliphatic carbocycles. The van der Waals surface area contributed by atoms with Crippen LogP contribution in [-0.4, -0.2) is 46.9 Å². The van der Waals surface area contributed by atoms with Gasteiger partial charge in [-0.3, -0.25) is 9.59 Å². The van der Waals surface area contributed by atoms with Crippen LogP contribution in [0.1, 0.15) is 36.5 Å². The van der Waals surface area contributed by atoms with Crippen molar-refractivity contribution in [1.29, 1.82) is 0 Å². The molecule has 25 heavy (non-hydrogen) atoms. The summed E-state index contributed by atoms with van der Waals surface area (Å²) in [7, 11) is 0. The van der Waals surface area contributed by atoms with Gasteiger partial charge in [0.05, 0.1) is 16.0 Å². The molecule has 2 N–H and O–H groups in total. The monoisotopic (exact) mass is 386 g/mol. The van der Waals surface area contributed by atoms with Gasteiger partial charge in [-0.1, -0.05) is 30.1 Å². The van der Waals surface area contributed by atoms with Gasteiger partial charge in [0.2, 0.25) is 5.91 Å². The van der Waals surface area contributed by atoms with E-state index in [9.17, 15) is 14.4 Å². The lowest BCUT2D eigenvalue weighted by Gasteiger charge is -2.32. The van der Waals surface area contributed by atoms with E-state index >= 15 is 0 Å². The molecule has 1 saturated heterocycles. The second kappa shape index (κ2) is 8.54. The molecule has 1 fully saturated rings. The topological polar surface area (TPSA) is 86.7 Å². The van der Waals surface area contributed by atoms with Gasteiger partial charge in [0, 0.05) is 18.7 Å². The number of nitrogens with one attached hydrogen (secondary N) is 1. The van der Waals surface area contributed by atoms with Gasteiger partial charge >= 0.3 is 5.97 Å². The number of carbonyl (C=O) groups is 3. The first kappa shape index (κ1) is 19.5. The molecule has 2 rings (SSSR count). The van der Waals surface area contributed by atoms with Crippen molar-refractivity contribution in [1.82, 2.24) is 10.2 Å². The zero-order valence-corrected chi connectivity index (χ0v) is 15.3. The first-order chi connectivity index (χ1) is 11.8. The molecule has 1 aromatic rings. The molecule has 2 atom stereocenters. The molecule has 0 aromatic heterocycles. The predicted octanol–water partition coefficient (Wildman–Crippen LogP) is 2.83. The summed E-state index contributed by atoms with van der Waals surface area (Å²) in [6.07, 6.45) is 1.60. The highest BCUT2D eigenvalue weighted by Crippen LogP contribution is 2.25. The number of amides is 2. The lowest BCUT2D eigenvalue weighted by atomic mass is 9.96. The number of aliphatic carboxylic acids is 1. The Labute approximate surface area is 156 Å². The summed E-state index contributed by atoms with van der Waals surface area (Å²) >= 11 is 11.8. The summed E-state index contributed by atoms with van der Waals surface area (Å²) in [5.41, 5.74) is 0.410. The highest BCUT2D eigenvalue weighted by Gasteiger charge is 2.31. The maximum absolute atomic E-state index is 12.6. The molecule has 0 bridgehead atoms. The average Bonchev–Trinajstić information content (AvgIpc) is 2.61. The van der Waals surface area contributed by atoms with Gasteiger partial charge in [-0.25, -0.2) is 4.79 Å². The molecule has 6 nitrogen and oxygen atoms in total. The van der Waals surface area contributed by atoms with E-state index in [4.69, 9.17) is 28.3 Å².